The van der Waals surface area contributed by atoms with Crippen molar-refractivity contribution in [3.8, 4) is 0 Å². The summed E-state index contributed by atoms with van der Waals surface area (Å²) in [5, 5.41) is 4.62. The third-order valence-corrected chi connectivity index (χ3v) is 5.24. The maximum atomic E-state index is 12.2. The number of nitrogens with zero attached hydrogens (tertiary/aromatic N) is 6. The van der Waals surface area contributed by atoms with Crippen LogP contribution in [0.25, 0.3) is 0 Å². The van der Waals surface area contributed by atoms with E-state index >= 15 is 0 Å². The van der Waals surface area contributed by atoms with Crippen LogP contribution in [0, 0.1) is 0 Å². The van der Waals surface area contributed by atoms with E-state index in [1.54, 1.807) is 10.7 Å². The van der Waals surface area contributed by atoms with Gasteiger partial charge in [-0.15, -0.1) is 0 Å². The molecule has 3 heterocycles. The minimum atomic E-state index is -0.0000748. The third-order valence-electron chi connectivity index (χ3n) is 5.24. The van der Waals surface area contributed by atoms with Gasteiger partial charge in [0.2, 0.25) is 5.95 Å². The summed E-state index contributed by atoms with van der Waals surface area (Å²) in [6, 6.07) is 3.91. The Kier molecular flexibility index (Phi) is 4.72. The zero-order valence-electron chi connectivity index (χ0n) is 15.5. The Morgan fingerprint density at radius 3 is 2.62 bits per heavy atom. The van der Waals surface area contributed by atoms with E-state index in [0.717, 1.165) is 43.1 Å². The molecule has 1 aliphatic carbocycles. The molecule has 2 aromatic heterocycles. The third kappa shape index (κ3) is 3.77. The van der Waals surface area contributed by atoms with Gasteiger partial charge in [-0.3, -0.25) is 9.69 Å². The Bertz CT molecular complexity index is 812. The topological polar surface area (TPSA) is 67.2 Å². The second-order valence-electron chi connectivity index (χ2n) is 7.61. The largest absolute Gasteiger partial charge is 0.347 e. The summed E-state index contributed by atoms with van der Waals surface area (Å²) in [6.07, 6.45) is 8.44. The fourth-order valence-electron chi connectivity index (χ4n) is 3.60. The van der Waals surface area contributed by atoms with Crippen LogP contribution >= 0.6 is 0 Å². The number of anilines is 1. The quantitative estimate of drug-likeness (QED) is 0.786. The number of rotatable bonds is 6. The van der Waals surface area contributed by atoms with Crippen molar-refractivity contribution < 1.29 is 0 Å². The predicted molar refractivity (Wildman–Crippen MR) is 100 cm³/mol. The zero-order valence-corrected chi connectivity index (χ0v) is 15.5. The van der Waals surface area contributed by atoms with Crippen LogP contribution < -0.4 is 10.5 Å². The summed E-state index contributed by atoms with van der Waals surface area (Å²) in [4.78, 5) is 25.3. The molecule has 0 spiro atoms. The first-order valence-corrected chi connectivity index (χ1v) is 9.40. The minimum Gasteiger partial charge on any atom is -0.347 e. The average Bonchev–Trinajstić information content (AvgIpc) is 3.40. The molecule has 2 aliphatic rings. The van der Waals surface area contributed by atoms with Crippen molar-refractivity contribution in [2.75, 3.05) is 25.5 Å². The van der Waals surface area contributed by atoms with Crippen molar-refractivity contribution in [3.63, 3.8) is 0 Å². The maximum absolute atomic E-state index is 12.2. The SMILES string of the molecule is CN(C)c1ncc(CN2CCCC2Cn2nc(C3CC3)ccc2=O)cn1. The Balaban J connectivity index is 1.45. The molecule has 7 nitrogen and oxygen atoms in total. The lowest BCUT2D eigenvalue weighted by atomic mass is 10.2. The van der Waals surface area contributed by atoms with Crippen molar-refractivity contribution in [1.82, 2.24) is 24.6 Å². The van der Waals surface area contributed by atoms with Crippen LogP contribution in [0.5, 0.6) is 0 Å². The number of hydrogen-bond donors (Lipinski definition) is 0. The molecule has 0 aromatic carbocycles. The van der Waals surface area contributed by atoms with Crippen molar-refractivity contribution in [1.29, 1.82) is 0 Å². The van der Waals surface area contributed by atoms with E-state index in [1.807, 2.05) is 37.5 Å². The first-order chi connectivity index (χ1) is 12.6. The lowest BCUT2D eigenvalue weighted by Crippen LogP contribution is -2.37. The smallest absolute Gasteiger partial charge is 0.266 e. The van der Waals surface area contributed by atoms with Crippen molar-refractivity contribution >= 4 is 5.95 Å². The first kappa shape index (κ1) is 17.1. The van der Waals surface area contributed by atoms with Gasteiger partial charge in [-0.05, 0) is 38.3 Å². The lowest BCUT2D eigenvalue weighted by molar-refractivity contribution is 0.216. The molecule has 2 fully saturated rings. The molecular weight excluding hydrogens is 328 g/mol. The van der Waals surface area contributed by atoms with Crippen LogP contribution in [0.15, 0.2) is 29.3 Å². The highest BCUT2D eigenvalue weighted by molar-refractivity contribution is 5.26. The van der Waals surface area contributed by atoms with Gasteiger partial charge in [-0.2, -0.15) is 5.10 Å². The molecule has 26 heavy (non-hydrogen) atoms. The van der Waals surface area contributed by atoms with E-state index in [-0.39, 0.29) is 5.56 Å². The second-order valence-corrected chi connectivity index (χ2v) is 7.61. The van der Waals surface area contributed by atoms with Gasteiger partial charge in [0.15, 0.2) is 0 Å². The average molecular weight is 354 g/mol. The molecule has 4 rings (SSSR count). The van der Waals surface area contributed by atoms with E-state index < -0.39 is 0 Å². The summed E-state index contributed by atoms with van der Waals surface area (Å²) in [7, 11) is 3.87. The minimum absolute atomic E-state index is 0.0000748. The van der Waals surface area contributed by atoms with Crippen molar-refractivity contribution in [3.05, 3.63) is 46.1 Å². The fraction of sp³-hybridized carbons (Fsp3) is 0.579. The molecule has 0 amide bonds. The number of likely N-dealkylation sites (tertiary alicyclic amines) is 1. The van der Waals surface area contributed by atoms with Crippen LogP contribution in [-0.2, 0) is 13.1 Å². The van der Waals surface area contributed by atoms with Crippen LogP contribution in [0.4, 0.5) is 5.95 Å². The fourth-order valence-corrected chi connectivity index (χ4v) is 3.60. The summed E-state index contributed by atoms with van der Waals surface area (Å²) < 4.78 is 1.67. The highest BCUT2D eigenvalue weighted by Gasteiger charge is 2.28. The molecule has 0 N–H and O–H groups in total. The molecule has 2 aromatic rings. The van der Waals surface area contributed by atoms with E-state index in [9.17, 15) is 4.79 Å². The Morgan fingerprint density at radius 2 is 1.92 bits per heavy atom. The van der Waals surface area contributed by atoms with Crippen LogP contribution in [0.2, 0.25) is 0 Å². The zero-order chi connectivity index (χ0) is 18.1. The molecule has 1 aliphatic heterocycles. The molecule has 1 unspecified atom stereocenters. The van der Waals surface area contributed by atoms with Gasteiger partial charge in [-0.1, -0.05) is 0 Å². The normalized spacial score (nSPS) is 20.5. The van der Waals surface area contributed by atoms with Gasteiger partial charge in [0.25, 0.3) is 5.56 Å². The van der Waals surface area contributed by atoms with E-state index in [0.29, 0.717) is 18.5 Å². The molecule has 1 saturated heterocycles. The lowest BCUT2D eigenvalue weighted by Gasteiger charge is -2.24. The van der Waals surface area contributed by atoms with Gasteiger partial charge >= 0.3 is 0 Å². The second kappa shape index (κ2) is 7.15. The highest BCUT2D eigenvalue weighted by Crippen LogP contribution is 2.38. The Morgan fingerprint density at radius 1 is 1.15 bits per heavy atom. The predicted octanol–water partition coefficient (Wildman–Crippen LogP) is 1.64. The van der Waals surface area contributed by atoms with Crippen molar-refractivity contribution in [2.24, 2.45) is 0 Å². The van der Waals surface area contributed by atoms with Crippen molar-refractivity contribution in [2.45, 2.75) is 50.7 Å². The van der Waals surface area contributed by atoms with Crippen LogP contribution in [0.1, 0.15) is 42.9 Å². The van der Waals surface area contributed by atoms with Gasteiger partial charge in [-0.25, -0.2) is 14.6 Å². The summed E-state index contributed by atoms with van der Waals surface area (Å²) in [5.41, 5.74) is 2.18. The van der Waals surface area contributed by atoms with Gasteiger partial charge < -0.3 is 4.90 Å². The van der Waals surface area contributed by atoms with Gasteiger partial charge in [0.1, 0.15) is 0 Å². The molecule has 138 valence electrons. The summed E-state index contributed by atoms with van der Waals surface area (Å²) >= 11 is 0. The van der Waals surface area contributed by atoms with E-state index in [1.165, 1.54) is 12.8 Å². The maximum Gasteiger partial charge on any atom is 0.266 e. The number of aromatic nitrogens is 4. The molecule has 0 bridgehead atoms. The summed E-state index contributed by atoms with van der Waals surface area (Å²) in [6.45, 7) is 2.52. The van der Waals surface area contributed by atoms with Crippen LogP contribution in [0.3, 0.4) is 0 Å². The monoisotopic (exact) mass is 354 g/mol. The van der Waals surface area contributed by atoms with Crippen LogP contribution in [-0.4, -0.2) is 51.3 Å². The van der Waals surface area contributed by atoms with Gasteiger partial charge in [0, 0.05) is 56.6 Å². The molecule has 1 saturated carbocycles. The Labute approximate surface area is 153 Å². The molecule has 1 atom stereocenters. The standard InChI is InChI=1S/C19H26N6O/c1-23(2)19-20-10-14(11-21-19)12-24-9-3-4-16(24)13-25-18(26)8-7-17(22-25)15-5-6-15/h7-8,10-11,15-16H,3-6,9,12-13H2,1-2H3. The summed E-state index contributed by atoms with van der Waals surface area (Å²) in [5.74, 6) is 1.29. The highest BCUT2D eigenvalue weighted by atomic mass is 16.1. The molecule has 7 heteroatoms. The van der Waals surface area contributed by atoms with E-state index in [4.69, 9.17) is 0 Å². The number of hydrogen-bond acceptors (Lipinski definition) is 6. The molecular formula is C19H26N6O. The van der Waals surface area contributed by atoms with E-state index in [2.05, 4.69) is 20.0 Å². The molecule has 0 radical (unpaired) electrons. The first-order valence-electron chi connectivity index (χ1n) is 9.40. The van der Waals surface area contributed by atoms with Gasteiger partial charge in [0.05, 0.1) is 12.2 Å². The Hall–Kier alpha value is -2.28.